The van der Waals surface area contributed by atoms with Crippen LogP contribution in [0.2, 0.25) is 10.0 Å². The maximum absolute atomic E-state index is 12.6. The van der Waals surface area contributed by atoms with E-state index in [-0.39, 0.29) is 6.54 Å². The molecule has 0 aliphatic heterocycles. The second-order valence-corrected chi connectivity index (χ2v) is 12.7. The lowest BCUT2D eigenvalue weighted by Gasteiger charge is -2.23. The van der Waals surface area contributed by atoms with Gasteiger partial charge in [0, 0.05) is 26.8 Å². The number of nitrogens with zero attached hydrogens (tertiary/aromatic N) is 2. The van der Waals surface area contributed by atoms with Crippen LogP contribution >= 0.6 is 58.1 Å². The van der Waals surface area contributed by atoms with Crippen LogP contribution in [0.25, 0.3) is 11.3 Å². The third-order valence-corrected chi connectivity index (χ3v) is 9.09. The monoisotopic (exact) mass is 705 g/mol. The zero-order valence-corrected chi connectivity index (χ0v) is 25.2. The Balaban J connectivity index is 1.63. The quantitative estimate of drug-likeness (QED) is 0.124. The molecular weight excluding hydrogens is 690 g/mol. The van der Waals surface area contributed by atoms with Gasteiger partial charge in [0.1, 0.15) is 0 Å². The number of anilines is 3. The molecule has 3 aromatic carbocycles. The van der Waals surface area contributed by atoms with Crippen molar-refractivity contribution >= 4 is 86.4 Å². The van der Waals surface area contributed by atoms with Crippen LogP contribution in [0.3, 0.4) is 0 Å². The zero-order valence-electron chi connectivity index (χ0n) is 20.4. The topological polar surface area (TPSA) is 118 Å². The fourth-order valence-corrected chi connectivity index (χ4v) is 6.36. The van der Waals surface area contributed by atoms with Crippen LogP contribution in [0, 0.1) is 0 Å². The first-order valence-corrected chi connectivity index (χ1v) is 15.5. The second-order valence-electron chi connectivity index (χ2n) is 8.37. The number of amides is 1. The molecule has 1 amide bonds. The number of benzene rings is 3. The van der Waals surface area contributed by atoms with Gasteiger partial charge in [-0.25, -0.2) is 9.78 Å². The minimum atomic E-state index is -4.58. The Morgan fingerprint density at radius 2 is 1.76 bits per heavy atom. The highest BCUT2D eigenvalue weighted by atomic mass is 79.9. The Bertz CT molecular complexity index is 1640. The third kappa shape index (κ3) is 7.69. The number of carbonyl (C=O) groups is 2. The van der Waals surface area contributed by atoms with Crippen LogP contribution in [-0.4, -0.2) is 22.0 Å². The molecule has 0 aliphatic carbocycles. The Kier molecular flexibility index (Phi) is 10.1. The van der Waals surface area contributed by atoms with Gasteiger partial charge in [0.15, 0.2) is 5.13 Å². The van der Waals surface area contributed by atoms with Crippen molar-refractivity contribution < 1.29 is 37.8 Å². The number of carboxylic acids is 1. The Hall–Kier alpha value is -2.90. The minimum Gasteiger partial charge on any atom is -0.474 e. The van der Waals surface area contributed by atoms with Crippen molar-refractivity contribution in [3.63, 3.8) is 0 Å². The van der Waals surface area contributed by atoms with Crippen molar-refractivity contribution in [2.24, 2.45) is 0 Å². The molecule has 0 bridgehead atoms. The molecule has 4 rings (SSSR count). The van der Waals surface area contributed by atoms with E-state index in [4.69, 9.17) is 33.3 Å². The van der Waals surface area contributed by atoms with Gasteiger partial charge in [-0.15, -0.1) is 20.8 Å². The predicted octanol–water partition coefficient (Wildman–Crippen LogP) is 8.74. The predicted molar refractivity (Wildman–Crippen MR) is 156 cm³/mol. The van der Waals surface area contributed by atoms with Crippen molar-refractivity contribution in [1.82, 2.24) is 4.98 Å². The van der Waals surface area contributed by atoms with Gasteiger partial charge in [0.05, 0.1) is 28.4 Å². The molecular formula is C25H17BrCl2F2N3O6PS. The van der Waals surface area contributed by atoms with E-state index < -0.39 is 25.6 Å². The maximum atomic E-state index is 12.6. The lowest BCUT2D eigenvalue weighted by Crippen LogP contribution is -2.21. The van der Waals surface area contributed by atoms with Gasteiger partial charge in [-0.2, -0.15) is 0 Å². The molecule has 0 fully saturated rings. The van der Waals surface area contributed by atoms with Crippen LogP contribution < -0.4 is 10.2 Å². The summed E-state index contributed by atoms with van der Waals surface area (Å²) >= 11 is 17.1. The van der Waals surface area contributed by atoms with Gasteiger partial charge >= 0.3 is 19.5 Å². The summed E-state index contributed by atoms with van der Waals surface area (Å²) in [7, 11) is -4.58. The highest BCUT2D eigenvalue weighted by Gasteiger charge is 2.29. The number of hydrogen-bond acceptors (Lipinski definition) is 8. The molecule has 41 heavy (non-hydrogen) atoms. The smallest absolute Gasteiger partial charge is 0.399 e. The van der Waals surface area contributed by atoms with Gasteiger partial charge in [0.2, 0.25) is 0 Å². The van der Waals surface area contributed by atoms with Crippen LogP contribution in [0.4, 0.5) is 25.6 Å². The van der Waals surface area contributed by atoms with E-state index in [1.54, 1.807) is 54.6 Å². The number of rotatable bonds is 10. The molecule has 0 unspecified atom stereocenters. The van der Waals surface area contributed by atoms with E-state index in [1.807, 2.05) is 10.3 Å². The average molecular weight is 707 g/mol. The summed E-state index contributed by atoms with van der Waals surface area (Å²) in [5.74, 6) is -2.74. The van der Waals surface area contributed by atoms with E-state index >= 15 is 0 Å². The van der Waals surface area contributed by atoms with Crippen molar-refractivity contribution in [1.29, 1.82) is 0 Å². The fraction of sp³-hybridized carbons (Fsp3) is 0.0800. The second kappa shape index (κ2) is 13.4. The molecule has 0 saturated heterocycles. The first-order chi connectivity index (χ1) is 19.5. The lowest BCUT2D eigenvalue weighted by atomic mass is 10.1. The van der Waals surface area contributed by atoms with E-state index in [0.29, 0.717) is 42.3 Å². The summed E-state index contributed by atoms with van der Waals surface area (Å²) in [4.78, 5) is 28.8. The van der Waals surface area contributed by atoms with Gasteiger partial charge in [-0.05, 0) is 56.6 Å². The van der Waals surface area contributed by atoms with E-state index in [0.717, 1.165) is 11.1 Å². The van der Waals surface area contributed by atoms with E-state index in [2.05, 4.69) is 30.7 Å². The SMILES string of the molecule is O=C(O)C(=O)Nc1ccc(-c2csc(N(Cc3ccc(CP(=O)(OF)OF)c(Br)c3)c3ccc(Cl)c(Cl)c3)n2)cc1. The normalized spacial score (nSPS) is 11.3. The first kappa shape index (κ1) is 31.0. The molecule has 1 aromatic heterocycles. The molecule has 9 nitrogen and oxygen atoms in total. The molecule has 0 saturated carbocycles. The van der Waals surface area contributed by atoms with Gasteiger partial charge in [-0.3, -0.25) is 9.36 Å². The van der Waals surface area contributed by atoms with Gasteiger partial charge in [0.25, 0.3) is 0 Å². The highest BCUT2D eigenvalue weighted by Crippen LogP contribution is 2.53. The lowest BCUT2D eigenvalue weighted by molar-refractivity contribution is -0.147. The largest absolute Gasteiger partial charge is 0.474 e. The zero-order chi connectivity index (χ0) is 29.7. The summed E-state index contributed by atoms with van der Waals surface area (Å²) in [6, 6.07) is 16.5. The van der Waals surface area contributed by atoms with Crippen LogP contribution in [-0.2, 0) is 36.3 Å². The van der Waals surface area contributed by atoms with E-state index in [9.17, 15) is 23.2 Å². The Morgan fingerprint density at radius 3 is 2.37 bits per heavy atom. The number of hydrogen-bond donors (Lipinski definition) is 2. The molecule has 0 radical (unpaired) electrons. The first-order valence-electron chi connectivity index (χ1n) is 11.3. The summed E-state index contributed by atoms with van der Waals surface area (Å²) in [5.41, 5.74) is 3.38. The number of halogens is 5. The van der Waals surface area contributed by atoms with Crippen LogP contribution in [0.5, 0.6) is 0 Å². The molecule has 1 heterocycles. The summed E-state index contributed by atoms with van der Waals surface area (Å²) in [5, 5.41) is 14.1. The maximum Gasteiger partial charge on any atom is 0.399 e. The Morgan fingerprint density at radius 1 is 1.05 bits per heavy atom. The number of nitrogens with one attached hydrogen (secondary N) is 1. The summed E-state index contributed by atoms with van der Waals surface area (Å²) in [6.45, 7) is 0.279. The number of thiazole rings is 1. The Labute approximate surface area is 254 Å². The number of aromatic nitrogens is 1. The highest BCUT2D eigenvalue weighted by molar-refractivity contribution is 9.10. The molecule has 16 heteroatoms. The molecule has 4 aromatic rings. The minimum absolute atomic E-state index is 0.279. The molecule has 0 aliphatic rings. The molecule has 0 spiro atoms. The third-order valence-electron chi connectivity index (χ3n) is 5.60. The molecule has 0 atom stereocenters. The number of carbonyl (C=O) groups excluding carboxylic acids is 1. The van der Waals surface area contributed by atoms with Crippen molar-refractivity contribution in [3.8, 4) is 11.3 Å². The van der Waals surface area contributed by atoms with Crippen molar-refractivity contribution in [2.45, 2.75) is 12.7 Å². The molecule has 2 N–H and O–H groups in total. The van der Waals surface area contributed by atoms with E-state index in [1.165, 1.54) is 17.4 Å². The van der Waals surface area contributed by atoms with Crippen molar-refractivity contribution in [2.75, 3.05) is 10.2 Å². The summed E-state index contributed by atoms with van der Waals surface area (Å²) in [6.07, 6.45) is -0.633. The number of carboxylic acid groups (broad SMARTS) is 1. The standard InChI is InChI=1S/C25H17BrCl2F2N3O6PS/c26-19-9-14(1-2-16(19)12-40(37,38-29)39-30)11-33(18-7-8-20(27)21(28)10-18)25-32-22(13-41-25)15-3-5-17(6-4-15)31-23(34)24(35)36/h1-10,13H,11-12H2,(H,31,34)(H,35,36). The molecule has 214 valence electrons. The van der Waals surface area contributed by atoms with Crippen LogP contribution in [0.1, 0.15) is 11.1 Å². The van der Waals surface area contributed by atoms with Crippen LogP contribution in [0.15, 0.2) is 70.5 Å². The summed E-state index contributed by atoms with van der Waals surface area (Å²) < 4.78 is 43.8. The fourth-order valence-electron chi connectivity index (χ4n) is 3.62. The number of aliphatic carboxylic acids is 1. The average Bonchev–Trinajstić information content (AvgIpc) is 3.45. The van der Waals surface area contributed by atoms with Crippen molar-refractivity contribution in [3.05, 3.63) is 91.7 Å². The van der Waals surface area contributed by atoms with Gasteiger partial charge < -0.3 is 15.3 Å². The van der Waals surface area contributed by atoms with Gasteiger partial charge in [-0.1, -0.05) is 63.4 Å².